The summed E-state index contributed by atoms with van der Waals surface area (Å²) in [6.07, 6.45) is 0.463. The highest BCUT2D eigenvalue weighted by atomic mass is 16.4. The average molecular weight is 249 g/mol. The normalized spacial score (nSPS) is 13.8. The van der Waals surface area contributed by atoms with Crippen molar-refractivity contribution in [1.82, 2.24) is 0 Å². The Morgan fingerprint density at radius 1 is 1.33 bits per heavy atom. The lowest BCUT2D eigenvalue weighted by molar-refractivity contribution is -0.143. The van der Waals surface area contributed by atoms with Crippen LogP contribution in [0.1, 0.15) is 32.8 Å². The number of hydrogen-bond acceptors (Lipinski definition) is 2. The molecular formula is C14H19NO3. The van der Waals surface area contributed by atoms with E-state index in [1.807, 2.05) is 6.92 Å². The molecule has 0 heterocycles. The molecule has 18 heavy (non-hydrogen) atoms. The topological polar surface area (TPSA) is 57.6 Å². The van der Waals surface area contributed by atoms with Crippen LogP contribution in [0, 0.1) is 0 Å². The van der Waals surface area contributed by atoms with Crippen LogP contribution in [0.5, 0.6) is 0 Å². The molecule has 4 nitrogen and oxygen atoms in total. The standard InChI is InChI=1S/C14H19NO3/c1-5-14(3,13(17)18)11-8-6-7-9-12(11)15(4)10(2)16/h6-9H,5H2,1-4H3,(H,17,18)/t14-/m1/s1. The van der Waals surface area contributed by atoms with E-state index in [2.05, 4.69) is 0 Å². The zero-order chi connectivity index (χ0) is 13.9. The van der Waals surface area contributed by atoms with Crippen LogP contribution in [0.25, 0.3) is 0 Å². The second kappa shape index (κ2) is 5.21. The number of anilines is 1. The van der Waals surface area contributed by atoms with Crippen molar-refractivity contribution in [1.29, 1.82) is 0 Å². The first-order valence-electron chi connectivity index (χ1n) is 5.91. The van der Waals surface area contributed by atoms with Gasteiger partial charge in [0.25, 0.3) is 0 Å². The molecule has 98 valence electrons. The first-order valence-corrected chi connectivity index (χ1v) is 5.91. The minimum absolute atomic E-state index is 0.119. The van der Waals surface area contributed by atoms with Gasteiger partial charge in [0.15, 0.2) is 0 Å². The number of benzene rings is 1. The third-order valence-corrected chi connectivity index (χ3v) is 3.51. The Balaban J connectivity index is 3.41. The van der Waals surface area contributed by atoms with Gasteiger partial charge < -0.3 is 10.0 Å². The largest absolute Gasteiger partial charge is 0.481 e. The molecule has 0 fully saturated rings. The summed E-state index contributed by atoms with van der Waals surface area (Å²) in [5, 5.41) is 9.43. The maximum atomic E-state index is 11.5. The zero-order valence-electron chi connectivity index (χ0n) is 11.2. The third kappa shape index (κ3) is 2.37. The minimum atomic E-state index is -0.986. The van der Waals surface area contributed by atoms with Gasteiger partial charge >= 0.3 is 5.97 Å². The van der Waals surface area contributed by atoms with E-state index < -0.39 is 11.4 Å². The van der Waals surface area contributed by atoms with Crippen LogP contribution in [0.4, 0.5) is 5.69 Å². The van der Waals surface area contributed by atoms with Gasteiger partial charge in [-0.25, -0.2) is 0 Å². The van der Waals surface area contributed by atoms with E-state index in [9.17, 15) is 14.7 Å². The van der Waals surface area contributed by atoms with E-state index in [0.29, 0.717) is 17.7 Å². The summed E-state index contributed by atoms with van der Waals surface area (Å²) in [5.41, 5.74) is 0.328. The quantitative estimate of drug-likeness (QED) is 0.891. The minimum Gasteiger partial charge on any atom is -0.481 e. The van der Waals surface area contributed by atoms with Gasteiger partial charge in [-0.3, -0.25) is 9.59 Å². The van der Waals surface area contributed by atoms with Crippen molar-refractivity contribution in [2.45, 2.75) is 32.6 Å². The number of rotatable bonds is 4. The van der Waals surface area contributed by atoms with Crippen molar-refractivity contribution in [3.05, 3.63) is 29.8 Å². The van der Waals surface area contributed by atoms with Gasteiger partial charge in [-0.05, 0) is 25.0 Å². The summed E-state index contributed by atoms with van der Waals surface area (Å²) in [7, 11) is 1.65. The molecule has 0 bridgehead atoms. The maximum Gasteiger partial charge on any atom is 0.313 e. The molecule has 0 aliphatic carbocycles. The highest BCUT2D eigenvalue weighted by Crippen LogP contribution is 2.34. The maximum absolute atomic E-state index is 11.5. The molecule has 0 saturated heterocycles. The Kier molecular flexibility index (Phi) is 4.11. The second-order valence-electron chi connectivity index (χ2n) is 4.59. The summed E-state index contributed by atoms with van der Waals surface area (Å²) in [6, 6.07) is 7.14. The van der Waals surface area contributed by atoms with Crippen molar-refractivity contribution in [3.63, 3.8) is 0 Å². The molecule has 0 saturated carbocycles. The number of carbonyl (C=O) groups excluding carboxylic acids is 1. The summed E-state index contributed by atoms with van der Waals surface area (Å²) >= 11 is 0. The summed E-state index contributed by atoms with van der Waals surface area (Å²) in [5.74, 6) is -0.999. The highest BCUT2D eigenvalue weighted by Gasteiger charge is 2.36. The lowest BCUT2D eigenvalue weighted by Crippen LogP contribution is -2.35. The van der Waals surface area contributed by atoms with Gasteiger partial charge in [0.2, 0.25) is 5.91 Å². The molecule has 0 aliphatic rings. The highest BCUT2D eigenvalue weighted by molar-refractivity contribution is 5.94. The number of carboxylic acid groups (broad SMARTS) is 1. The summed E-state index contributed by atoms with van der Waals surface area (Å²) < 4.78 is 0. The van der Waals surface area contributed by atoms with Gasteiger partial charge in [-0.2, -0.15) is 0 Å². The van der Waals surface area contributed by atoms with Gasteiger partial charge in [0, 0.05) is 19.7 Å². The molecule has 1 N–H and O–H groups in total. The van der Waals surface area contributed by atoms with Crippen LogP contribution in [-0.2, 0) is 15.0 Å². The van der Waals surface area contributed by atoms with Crippen molar-refractivity contribution >= 4 is 17.6 Å². The molecule has 0 aromatic heterocycles. The Morgan fingerprint density at radius 2 is 1.89 bits per heavy atom. The summed E-state index contributed by atoms with van der Waals surface area (Å²) in [4.78, 5) is 24.4. The van der Waals surface area contributed by atoms with E-state index >= 15 is 0 Å². The predicted octanol–water partition coefficient (Wildman–Crippen LogP) is 2.42. The molecule has 1 aromatic rings. The molecule has 1 rings (SSSR count). The fourth-order valence-electron chi connectivity index (χ4n) is 1.86. The molecule has 1 aromatic carbocycles. The fourth-order valence-corrected chi connectivity index (χ4v) is 1.86. The smallest absolute Gasteiger partial charge is 0.313 e. The van der Waals surface area contributed by atoms with Crippen LogP contribution < -0.4 is 4.90 Å². The third-order valence-electron chi connectivity index (χ3n) is 3.51. The Bertz CT molecular complexity index is 470. The van der Waals surface area contributed by atoms with Gasteiger partial charge in [-0.1, -0.05) is 25.1 Å². The van der Waals surface area contributed by atoms with E-state index in [-0.39, 0.29) is 5.91 Å². The van der Waals surface area contributed by atoms with Crippen LogP contribution >= 0.6 is 0 Å². The fraction of sp³-hybridized carbons (Fsp3) is 0.429. The molecule has 0 spiro atoms. The first-order chi connectivity index (χ1) is 8.34. The molecule has 1 amide bonds. The second-order valence-corrected chi connectivity index (χ2v) is 4.59. The van der Waals surface area contributed by atoms with Crippen molar-refractivity contribution < 1.29 is 14.7 Å². The number of nitrogens with zero attached hydrogens (tertiary/aromatic N) is 1. The average Bonchev–Trinajstić information content (AvgIpc) is 2.36. The Morgan fingerprint density at radius 3 is 2.33 bits per heavy atom. The number of carbonyl (C=O) groups is 2. The monoisotopic (exact) mass is 249 g/mol. The van der Waals surface area contributed by atoms with Crippen LogP contribution in [0.3, 0.4) is 0 Å². The van der Waals surface area contributed by atoms with Gasteiger partial charge in [0.05, 0.1) is 5.41 Å². The molecule has 1 atom stereocenters. The molecule has 0 aliphatic heterocycles. The first kappa shape index (κ1) is 14.2. The molecule has 0 unspecified atom stereocenters. The van der Waals surface area contributed by atoms with E-state index in [4.69, 9.17) is 0 Å². The van der Waals surface area contributed by atoms with Crippen molar-refractivity contribution in [3.8, 4) is 0 Å². The lowest BCUT2D eigenvalue weighted by Gasteiger charge is -2.29. The Labute approximate surface area is 107 Å². The van der Waals surface area contributed by atoms with Gasteiger partial charge in [0.1, 0.15) is 0 Å². The van der Waals surface area contributed by atoms with Crippen LogP contribution in [0.2, 0.25) is 0 Å². The van der Waals surface area contributed by atoms with Crippen molar-refractivity contribution in [2.24, 2.45) is 0 Å². The predicted molar refractivity (Wildman–Crippen MR) is 70.8 cm³/mol. The zero-order valence-corrected chi connectivity index (χ0v) is 11.2. The van der Waals surface area contributed by atoms with Crippen LogP contribution in [-0.4, -0.2) is 24.0 Å². The van der Waals surface area contributed by atoms with Crippen LogP contribution in [0.15, 0.2) is 24.3 Å². The number of carboxylic acids is 1. The molecule has 0 radical (unpaired) electrons. The molecule has 4 heteroatoms. The van der Waals surface area contributed by atoms with Gasteiger partial charge in [-0.15, -0.1) is 0 Å². The van der Waals surface area contributed by atoms with E-state index in [0.717, 1.165) is 0 Å². The van der Waals surface area contributed by atoms with E-state index in [1.165, 1.54) is 11.8 Å². The summed E-state index contributed by atoms with van der Waals surface area (Å²) in [6.45, 7) is 4.97. The Hall–Kier alpha value is -1.84. The number of aliphatic carboxylic acids is 1. The SMILES string of the molecule is CC[C@@](C)(C(=O)O)c1ccccc1N(C)C(C)=O. The number of hydrogen-bond donors (Lipinski definition) is 1. The lowest BCUT2D eigenvalue weighted by atomic mass is 9.79. The number of amides is 1. The van der Waals surface area contributed by atoms with E-state index in [1.54, 1.807) is 38.2 Å². The number of para-hydroxylation sites is 1. The van der Waals surface area contributed by atoms with Crippen molar-refractivity contribution in [2.75, 3.05) is 11.9 Å². The molecular weight excluding hydrogens is 230 g/mol.